The van der Waals surface area contributed by atoms with Crippen LogP contribution in [0.2, 0.25) is 0 Å². The molecule has 0 radical (unpaired) electrons. The first-order valence-corrected chi connectivity index (χ1v) is 7.11. The normalized spacial score (nSPS) is 23.3. The Bertz CT molecular complexity index is 442. The number of ether oxygens (including phenoxy) is 1. The molecule has 0 spiro atoms. The van der Waals surface area contributed by atoms with Gasteiger partial charge in [0.2, 0.25) is 0 Å². The number of esters is 1. The summed E-state index contributed by atoms with van der Waals surface area (Å²) in [5, 5.41) is 0. The third kappa shape index (κ3) is 3.08. The lowest BCUT2D eigenvalue weighted by atomic mass is 9.80. The van der Waals surface area contributed by atoms with Crippen LogP contribution < -0.4 is 5.73 Å². The van der Waals surface area contributed by atoms with Crippen LogP contribution in [0.5, 0.6) is 0 Å². The monoisotopic (exact) mass is 265 g/mol. The molecule has 19 heavy (non-hydrogen) atoms. The van der Waals surface area contributed by atoms with E-state index in [-0.39, 0.29) is 5.69 Å². The number of anilines is 1. The molecule has 2 atom stereocenters. The van der Waals surface area contributed by atoms with Gasteiger partial charge in [-0.15, -0.1) is 0 Å². The lowest BCUT2D eigenvalue weighted by Gasteiger charge is -2.29. The summed E-state index contributed by atoms with van der Waals surface area (Å²) in [4.78, 5) is 15.7. The van der Waals surface area contributed by atoms with Crippen LogP contribution in [0.25, 0.3) is 0 Å². The van der Waals surface area contributed by atoms with E-state index in [2.05, 4.69) is 11.9 Å². The summed E-state index contributed by atoms with van der Waals surface area (Å²) in [6.45, 7) is 5.25. The van der Waals surface area contributed by atoms with E-state index in [0.717, 1.165) is 6.54 Å². The molecule has 1 heterocycles. The molecule has 106 valence electrons. The van der Waals surface area contributed by atoms with E-state index in [0.29, 0.717) is 24.3 Å². The number of hydrogen-bond donors (Lipinski definition) is 1. The molecule has 1 aliphatic carbocycles. The van der Waals surface area contributed by atoms with E-state index in [1.54, 1.807) is 13.3 Å². The molecule has 1 aromatic rings. The Hall–Kier alpha value is -1.52. The summed E-state index contributed by atoms with van der Waals surface area (Å²) < 4.78 is 6.83. The Morgan fingerprint density at radius 1 is 1.53 bits per heavy atom. The van der Waals surface area contributed by atoms with Crippen LogP contribution in [0.4, 0.5) is 5.82 Å². The van der Waals surface area contributed by atoms with Crippen molar-refractivity contribution in [3.05, 3.63) is 12.0 Å². The summed E-state index contributed by atoms with van der Waals surface area (Å²) in [5.74, 6) is 1.33. The fourth-order valence-corrected chi connectivity index (χ4v) is 2.81. The molecular weight excluding hydrogens is 242 g/mol. The van der Waals surface area contributed by atoms with Gasteiger partial charge in [0.05, 0.1) is 12.9 Å². The minimum Gasteiger partial charge on any atom is -0.461 e. The van der Waals surface area contributed by atoms with Crippen LogP contribution in [0.15, 0.2) is 6.33 Å². The van der Waals surface area contributed by atoms with Crippen molar-refractivity contribution < 1.29 is 9.53 Å². The van der Waals surface area contributed by atoms with Crippen molar-refractivity contribution in [2.45, 2.75) is 46.1 Å². The highest BCUT2D eigenvalue weighted by Crippen LogP contribution is 2.31. The summed E-state index contributed by atoms with van der Waals surface area (Å²) in [7, 11) is 0. The second-order valence-electron chi connectivity index (χ2n) is 5.37. The van der Waals surface area contributed by atoms with Crippen molar-refractivity contribution in [2.75, 3.05) is 12.3 Å². The van der Waals surface area contributed by atoms with Crippen molar-refractivity contribution in [3.63, 3.8) is 0 Å². The number of imidazole rings is 1. The molecule has 0 aromatic carbocycles. The number of nitrogens with two attached hydrogens (primary N) is 1. The number of nitrogen functional groups attached to an aromatic ring is 1. The Kier molecular flexibility index (Phi) is 4.45. The van der Waals surface area contributed by atoms with Gasteiger partial charge in [-0.25, -0.2) is 9.78 Å². The smallest absolute Gasteiger partial charge is 0.360 e. The average Bonchev–Trinajstić information content (AvgIpc) is 2.74. The van der Waals surface area contributed by atoms with Gasteiger partial charge in [0.15, 0.2) is 5.69 Å². The van der Waals surface area contributed by atoms with Crippen molar-refractivity contribution in [1.29, 1.82) is 0 Å². The third-order valence-corrected chi connectivity index (χ3v) is 4.07. The first-order valence-electron chi connectivity index (χ1n) is 7.11. The van der Waals surface area contributed by atoms with Gasteiger partial charge in [-0.2, -0.15) is 0 Å². The van der Waals surface area contributed by atoms with Crippen LogP contribution >= 0.6 is 0 Å². The molecule has 0 bridgehead atoms. The minimum atomic E-state index is -0.435. The number of aromatic nitrogens is 2. The molecular formula is C14H23N3O2. The van der Waals surface area contributed by atoms with Crippen molar-refractivity contribution in [2.24, 2.45) is 11.8 Å². The predicted octanol–water partition coefficient (Wildman–Crippen LogP) is 2.47. The van der Waals surface area contributed by atoms with Crippen LogP contribution in [-0.4, -0.2) is 22.1 Å². The van der Waals surface area contributed by atoms with Gasteiger partial charge in [0, 0.05) is 6.54 Å². The highest BCUT2D eigenvalue weighted by Gasteiger charge is 2.24. The zero-order valence-corrected chi connectivity index (χ0v) is 11.8. The van der Waals surface area contributed by atoms with Gasteiger partial charge >= 0.3 is 5.97 Å². The topological polar surface area (TPSA) is 70.1 Å². The SMILES string of the molecule is CCOC(=O)c1ncn(CC2CCCCC2C)c1N. The van der Waals surface area contributed by atoms with Gasteiger partial charge in [0.25, 0.3) is 0 Å². The zero-order chi connectivity index (χ0) is 13.8. The molecule has 5 nitrogen and oxygen atoms in total. The summed E-state index contributed by atoms with van der Waals surface area (Å²) in [6, 6.07) is 0. The molecule has 1 aliphatic rings. The van der Waals surface area contributed by atoms with Crippen molar-refractivity contribution >= 4 is 11.8 Å². The van der Waals surface area contributed by atoms with E-state index in [9.17, 15) is 4.79 Å². The van der Waals surface area contributed by atoms with E-state index >= 15 is 0 Å². The fourth-order valence-electron chi connectivity index (χ4n) is 2.81. The number of rotatable bonds is 4. The second kappa shape index (κ2) is 6.08. The maximum Gasteiger partial charge on any atom is 0.360 e. The van der Waals surface area contributed by atoms with Gasteiger partial charge in [0.1, 0.15) is 5.82 Å². The van der Waals surface area contributed by atoms with Gasteiger partial charge < -0.3 is 15.0 Å². The first-order chi connectivity index (χ1) is 9.13. The third-order valence-electron chi connectivity index (χ3n) is 4.07. The molecule has 0 saturated heterocycles. The summed E-state index contributed by atoms with van der Waals surface area (Å²) in [6.07, 6.45) is 6.78. The fraction of sp³-hybridized carbons (Fsp3) is 0.714. The van der Waals surface area contributed by atoms with Gasteiger partial charge in [-0.05, 0) is 25.2 Å². The highest BCUT2D eigenvalue weighted by atomic mass is 16.5. The Morgan fingerprint density at radius 3 is 2.95 bits per heavy atom. The van der Waals surface area contributed by atoms with E-state index in [1.807, 2.05) is 4.57 Å². The Balaban J connectivity index is 2.07. The average molecular weight is 265 g/mol. The van der Waals surface area contributed by atoms with E-state index < -0.39 is 5.97 Å². The second-order valence-corrected chi connectivity index (χ2v) is 5.37. The van der Waals surface area contributed by atoms with E-state index in [1.165, 1.54) is 25.7 Å². The van der Waals surface area contributed by atoms with E-state index in [4.69, 9.17) is 10.5 Å². The van der Waals surface area contributed by atoms with Crippen LogP contribution in [0.3, 0.4) is 0 Å². The van der Waals surface area contributed by atoms with Gasteiger partial charge in [-0.1, -0.05) is 26.2 Å². The lowest BCUT2D eigenvalue weighted by molar-refractivity contribution is 0.0521. The first kappa shape index (κ1) is 13.9. The minimum absolute atomic E-state index is 0.241. The van der Waals surface area contributed by atoms with Crippen LogP contribution in [0.1, 0.15) is 50.0 Å². The maximum absolute atomic E-state index is 11.7. The zero-order valence-electron chi connectivity index (χ0n) is 11.8. The standard InChI is InChI=1S/C14H23N3O2/c1-3-19-14(18)12-13(15)17(9-16-12)8-11-7-5-4-6-10(11)2/h9-11H,3-8,15H2,1-2H3. The number of nitrogens with zero attached hydrogens (tertiary/aromatic N) is 2. The quantitative estimate of drug-likeness (QED) is 0.849. The Labute approximate surface area is 114 Å². The summed E-state index contributed by atoms with van der Waals surface area (Å²) >= 11 is 0. The molecule has 1 aromatic heterocycles. The molecule has 2 N–H and O–H groups in total. The van der Waals surface area contributed by atoms with Crippen LogP contribution in [0, 0.1) is 11.8 Å². The molecule has 2 unspecified atom stereocenters. The number of hydrogen-bond acceptors (Lipinski definition) is 4. The van der Waals surface area contributed by atoms with Gasteiger partial charge in [-0.3, -0.25) is 0 Å². The number of carbonyl (C=O) groups excluding carboxylic acids is 1. The molecule has 1 fully saturated rings. The lowest BCUT2D eigenvalue weighted by Crippen LogP contribution is -2.22. The molecule has 5 heteroatoms. The summed E-state index contributed by atoms with van der Waals surface area (Å²) in [5.41, 5.74) is 6.24. The van der Waals surface area contributed by atoms with Crippen molar-refractivity contribution in [3.8, 4) is 0 Å². The van der Waals surface area contributed by atoms with Crippen molar-refractivity contribution in [1.82, 2.24) is 9.55 Å². The molecule has 2 rings (SSSR count). The van der Waals surface area contributed by atoms with Crippen LogP contribution in [-0.2, 0) is 11.3 Å². The largest absolute Gasteiger partial charge is 0.461 e. The Morgan fingerprint density at radius 2 is 2.26 bits per heavy atom. The maximum atomic E-state index is 11.7. The highest BCUT2D eigenvalue weighted by molar-refractivity contribution is 5.92. The number of carbonyl (C=O) groups is 1. The predicted molar refractivity (Wildman–Crippen MR) is 73.7 cm³/mol. The molecule has 0 amide bonds. The molecule has 0 aliphatic heterocycles. The molecule has 1 saturated carbocycles.